The van der Waals surface area contributed by atoms with Gasteiger partial charge >= 0.3 is 0 Å². The Morgan fingerprint density at radius 3 is 1.98 bits per heavy atom. The van der Waals surface area contributed by atoms with E-state index < -0.39 is 0 Å². The van der Waals surface area contributed by atoms with Crippen molar-refractivity contribution in [3.63, 3.8) is 0 Å². The largest absolute Gasteiger partial charge is 0.378 e. The van der Waals surface area contributed by atoms with E-state index in [1.807, 2.05) is 0 Å². The fourth-order valence-electron chi connectivity index (χ4n) is 12.0. The standard InChI is InChI=1S/C44H86N4O3/c1-5-6-7-8-9-10-11-12-13-26-48-27-14-18-34(2)37-19-20-38-42-39(33-41(44(37,38)4)51-30-17-25-47)43(3)22-21-36(49-28-15-23-45)31-35(43)32-40(42)50-29-16-24-46/h34-42,48H,5-33,45-47H2,1-4H3/t34-,35+,36-,37-,38+,39+,40-,41+,42+,43+,44-/m1/s1. The molecule has 0 radical (unpaired) electrons. The van der Waals surface area contributed by atoms with Crippen LogP contribution in [-0.4, -0.2) is 70.9 Å². The van der Waals surface area contributed by atoms with Crippen molar-refractivity contribution in [1.82, 2.24) is 5.32 Å². The summed E-state index contributed by atoms with van der Waals surface area (Å²) in [5.41, 5.74) is 18.3. The molecular weight excluding hydrogens is 633 g/mol. The second-order valence-corrected chi connectivity index (χ2v) is 18.2. The topological polar surface area (TPSA) is 118 Å². The summed E-state index contributed by atoms with van der Waals surface area (Å²) in [6.45, 7) is 17.0. The molecule has 11 atom stereocenters. The van der Waals surface area contributed by atoms with Crippen molar-refractivity contribution in [2.24, 2.45) is 63.5 Å². The lowest BCUT2D eigenvalue weighted by atomic mass is 9.43. The van der Waals surface area contributed by atoms with Crippen LogP contribution in [0.1, 0.15) is 163 Å². The molecule has 0 aromatic heterocycles. The van der Waals surface area contributed by atoms with Gasteiger partial charge in [-0.15, -0.1) is 0 Å². The lowest BCUT2D eigenvalue weighted by molar-refractivity contribution is -0.227. The van der Waals surface area contributed by atoms with E-state index in [9.17, 15) is 0 Å². The van der Waals surface area contributed by atoms with E-state index in [4.69, 9.17) is 31.4 Å². The Morgan fingerprint density at radius 2 is 1.29 bits per heavy atom. The van der Waals surface area contributed by atoms with Gasteiger partial charge in [-0.05, 0) is 157 Å². The fourth-order valence-corrected chi connectivity index (χ4v) is 12.0. The number of ether oxygens (including phenoxy) is 3. The summed E-state index contributed by atoms with van der Waals surface area (Å²) < 4.78 is 20.4. The smallest absolute Gasteiger partial charge is 0.0637 e. The normalized spacial score (nSPS) is 35.4. The Bertz CT molecular complexity index is 925. The van der Waals surface area contributed by atoms with Crippen LogP contribution in [0.2, 0.25) is 0 Å². The molecule has 0 heterocycles. The Kier molecular flexibility index (Phi) is 19.5. The third-order valence-corrected chi connectivity index (χ3v) is 15.0. The summed E-state index contributed by atoms with van der Waals surface area (Å²) in [4.78, 5) is 0. The molecular formula is C44H86N4O3. The molecule has 300 valence electrons. The van der Waals surface area contributed by atoms with Gasteiger partial charge < -0.3 is 36.7 Å². The van der Waals surface area contributed by atoms with Crippen LogP contribution >= 0.6 is 0 Å². The van der Waals surface area contributed by atoms with Crippen molar-refractivity contribution < 1.29 is 14.2 Å². The molecule has 4 rings (SSSR count). The summed E-state index contributed by atoms with van der Waals surface area (Å²) in [6, 6.07) is 0. The molecule has 4 aliphatic rings. The zero-order chi connectivity index (χ0) is 36.5. The zero-order valence-electron chi connectivity index (χ0n) is 34.2. The Hall–Kier alpha value is -0.280. The third-order valence-electron chi connectivity index (χ3n) is 15.0. The van der Waals surface area contributed by atoms with Gasteiger partial charge in [-0.25, -0.2) is 0 Å². The van der Waals surface area contributed by atoms with Gasteiger partial charge in [0.05, 0.1) is 18.3 Å². The van der Waals surface area contributed by atoms with Crippen LogP contribution in [0.4, 0.5) is 0 Å². The highest BCUT2D eigenvalue weighted by molar-refractivity contribution is 5.15. The molecule has 0 unspecified atom stereocenters. The Labute approximate surface area is 315 Å². The molecule has 0 saturated heterocycles. The second-order valence-electron chi connectivity index (χ2n) is 18.2. The van der Waals surface area contributed by atoms with E-state index in [1.54, 1.807) is 0 Å². The number of unbranched alkanes of at least 4 members (excludes halogenated alkanes) is 8. The molecule has 4 saturated carbocycles. The van der Waals surface area contributed by atoms with Crippen molar-refractivity contribution >= 4 is 0 Å². The van der Waals surface area contributed by atoms with Gasteiger partial charge in [0, 0.05) is 25.2 Å². The number of rotatable bonds is 27. The molecule has 4 aliphatic carbocycles. The predicted molar refractivity (Wildman–Crippen MR) is 215 cm³/mol. The third kappa shape index (κ3) is 11.6. The van der Waals surface area contributed by atoms with Crippen LogP contribution < -0.4 is 22.5 Å². The highest BCUT2D eigenvalue weighted by atomic mass is 16.5. The average Bonchev–Trinajstić information content (AvgIpc) is 3.49. The first-order chi connectivity index (χ1) is 24.8. The fraction of sp³-hybridized carbons (Fsp3) is 1.00. The average molecular weight is 719 g/mol. The minimum absolute atomic E-state index is 0.181. The molecule has 0 amide bonds. The van der Waals surface area contributed by atoms with E-state index in [2.05, 4.69) is 33.0 Å². The van der Waals surface area contributed by atoms with Crippen molar-refractivity contribution in [2.45, 2.75) is 181 Å². The molecule has 0 bridgehead atoms. The van der Waals surface area contributed by atoms with Crippen LogP contribution in [0.15, 0.2) is 0 Å². The van der Waals surface area contributed by atoms with E-state index in [1.165, 1.54) is 116 Å². The maximum Gasteiger partial charge on any atom is 0.0637 e. The van der Waals surface area contributed by atoms with Crippen LogP contribution in [0.25, 0.3) is 0 Å². The van der Waals surface area contributed by atoms with Crippen molar-refractivity contribution in [3.05, 3.63) is 0 Å². The molecule has 7 heteroatoms. The van der Waals surface area contributed by atoms with E-state index in [-0.39, 0.29) is 5.41 Å². The number of nitrogens with two attached hydrogens (primary N) is 3. The molecule has 0 aromatic carbocycles. The summed E-state index contributed by atoms with van der Waals surface area (Å²) in [5, 5.41) is 3.80. The number of hydrogen-bond acceptors (Lipinski definition) is 7. The molecule has 4 fully saturated rings. The quantitative estimate of drug-likeness (QED) is 0.0629. The van der Waals surface area contributed by atoms with Crippen LogP contribution in [0, 0.1) is 46.3 Å². The molecule has 7 N–H and O–H groups in total. The Morgan fingerprint density at radius 1 is 0.667 bits per heavy atom. The number of nitrogens with one attached hydrogen (secondary N) is 1. The number of fused-ring (bicyclic) bond motifs is 5. The van der Waals surface area contributed by atoms with Crippen LogP contribution in [-0.2, 0) is 14.2 Å². The summed E-state index contributed by atoms with van der Waals surface area (Å²) in [6.07, 6.45) is 27.6. The molecule has 0 aliphatic heterocycles. The Balaban J connectivity index is 1.38. The molecule has 7 nitrogen and oxygen atoms in total. The second kappa shape index (κ2) is 22.9. The van der Waals surface area contributed by atoms with Crippen LogP contribution in [0.5, 0.6) is 0 Å². The summed E-state index contributed by atoms with van der Waals surface area (Å²) in [7, 11) is 0. The SMILES string of the molecule is CCCCCCCCCCCNCCC[C@@H](C)[C@H]1CC[C@H]2[C@@H]3[C@H](OCCCN)C[C@@H]4C[C@H](OCCCN)CC[C@]4(C)[C@H]3C[C@H](OCCCN)[C@]12C. The van der Waals surface area contributed by atoms with Gasteiger partial charge in [-0.1, -0.05) is 79.1 Å². The van der Waals surface area contributed by atoms with Gasteiger partial charge in [0.2, 0.25) is 0 Å². The monoisotopic (exact) mass is 719 g/mol. The van der Waals surface area contributed by atoms with E-state index in [0.717, 1.165) is 52.0 Å². The van der Waals surface area contributed by atoms with Crippen molar-refractivity contribution in [3.8, 4) is 0 Å². The highest BCUT2D eigenvalue weighted by Crippen LogP contribution is 2.69. The summed E-state index contributed by atoms with van der Waals surface area (Å²) in [5.74, 6) is 3.92. The van der Waals surface area contributed by atoms with Gasteiger partial charge in [-0.2, -0.15) is 0 Å². The molecule has 0 aromatic rings. The lowest BCUT2D eigenvalue weighted by Crippen LogP contribution is -2.63. The first kappa shape index (κ1) is 43.4. The van der Waals surface area contributed by atoms with Gasteiger partial charge in [0.25, 0.3) is 0 Å². The van der Waals surface area contributed by atoms with E-state index >= 15 is 0 Å². The number of hydrogen-bond donors (Lipinski definition) is 4. The van der Waals surface area contributed by atoms with Gasteiger partial charge in [0.15, 0.2) is 0 Å². The summed E-state index contributed by atoms with van der Waals surface area (Å²) >= 11 is 0. The van der Waals surface area contributed by atoms with Gasteiger partial charge in [0.1, 0.15) is 0 Å². The van der Waals surface area contributed by atoms with Gasteiger partial charge in [-0.3, -0.25) is 0 Å². The minimum Gasteiger partial charge on any atom is -0.378 e. The zero-order valence-corrected chi connectivity index (χ0v) is 34.2. The maximum absolute atomic E-state index is 7.05. The first-order valence-electron chi connectivity index (χ1n) is 22.5. The maximum atomic E-state index is 7.05. The van der Waals surface area contributed by atoms with Crippen LogP contribution in [0.3, 0.4) is 0 Å². The lowest BCUT2D eigenvalue weighted by Gasteiger charge is -2.65. The van der Waals surface area contributed by atoms with Crippen molar-refractivity contribution in [1.29, 1.82) is 0 Å². The molecule has 51 heavy (non-hydrogen) atoms. The van der Waals surface area contributed by atoms with Crippen molar-refractivity contribution in [2.75, 3.05) is 52.5 Å². The molecule has 0 spiro atoms. The first-order valence-corrected chi connectivity index (χ1v) is 22.5. The van der Waals surface area contributed by atoms with E-state index in [0.29, 0.717) is 78.9 Å². The highest BCUT2D eigenvalue weighted by Gasteiger charge is 2.66. The predicted octanol–water partition coefficient (Wildman–Crippen LogP) is 8.60. The minimum atomic E-state index is 0.181.